The van der Waals surface area contributed by atoms with Crippen LogP contribution in [0.15, 0.2) is 24.4 Å². The van der Waals surface area contributed by atoms with Gasteiger partial charge in [-0.2, -0.15) is 0 Å². The fraction of sp³-hybridized carbons (Fsp3) is 0.571. The number of unbranched alkanes of at least 4 members (excludes halogenated alkanes) is 1. The first-order chi connectivity index (χ1) is 7.77. The van der Waals surface area contributed by atoms with Gasteiger partial charge in [0.2, 0.25) is 0 Å². The van der Waals surface area contributed by atoms with Crippen molar-refractivity contribution in [1.29, 1.82) is 0 Å². The summed E-state index contributed by atoms with van der Waals surface area (Å²) in [6, 6.07) is 5.73. The third kappa shape index (κ3) is 4.13. The van der Waals surface area contributed by atoms with Crippen LogP contribution in [0.4, 0.5) is 0 Å². The van der Waals surface area contributed by atoms with Gasteiger partial charge < -0.3 is 0 Å². The van der Waals surface area contributed by atoms with Crippen LogP contribution in [0.25, 0.3) is 0 Å². The number of carbonyl (C=O) groups excluding carboxylic acids is 1. The van der Waals surface area contributed by atoms with Crippen molar-refractivity contribution in [2.75, 3.05) is 0 Å². The molecule has 0 aliphatic carbocycles. The van der Waals surface area contributed by atoms with E-state index < -0.39 is 0 Å². The average molecular weight is 219 g/mol. The van der Waals surface area contributed by atoms with Crippen LogP contribution in [0.3, 0.4) is 0 Å². The van der Waals surface area contributed by atoms with Crippen molar-refractivity contribution in [3.05, 3.63) is 30.1 Å². The Balaban J connectivity index is 2.49. The van der Waals surface area contributed by atoms with Gasteiger partial charge in [0.15, 0.2) is 0 Å². The summed E-state index contributed by atoms with van der Waals surface area (Å²) >= 11 is 0. The third-order valence-corrected chi connectivity index (χ3v) is 2.94. The van der Waals surface area contributed by atoms with Crippen LogP contribution in [0, 0.1) is 5.92 Å². The van der Waals surface area contributed by atoms with E-state index in [-0.39, 0.29) is 5.92 Å². The minimum absolute atomic E-state index is 0.224. The van der Waals surface area contributed by atoms with Crippen LogP contribution >= 0.6 is 0 Å². The minimum Gasteiger partial charge on any atom is -0.299 e. The number of pyridine rings is 1. The Hall–Kier alpha value is -1.18. The zero-order valence-corrected chi connectivity index (χ0v) is 10.3. The van der Waals surface area contributed by atoms with Crippen LogP contribution in [0.2, 0.25) is 0 Å². The van der Waals surface area contributed by atoms with Crippen molar-refractivity contribution in [3.63, 3.8) is 0 Å². The Morgan fingerprint density at radius 1 is 1.38 bits per heavy atom. The molecule has 2 heteroatoms. The fourth-order valence-electron chi connectivity index (χ4n) is 1.87. The predicted molar refractivity (Wildman–Crippen MR) is 66.3 cm³/mol. The Bertz CT molecular complexity index is 308. The highest BCUT2D eigenvalue weighted by molar-refractivity contribution is 5.82. The first kappa shape index (κ1) is 12.9. The number of aromatic nitrogens is 1. The molecule has 1 atom stereocenters. The molecule has 88 valence electrons. The summed E-state index contributed by atoms with van der Waals surface area (Å²) in [5, 5.41) is 0. The number of Topliss-reactive ketones (excluding diaryl/α,β-unsaturated/α-hetero) is 1. The van der Waals surface area contributed by atoms with Gasteiger partial charge in [-0.05, 0) is 25.0 Å². The molecule has 1 rings (SSSR count). The lowest BCUT2D eigenvalue weighted by Gasteiger charge is -2.12. The van der Waals surface area contributed by atoms with Gasteiger partial charge in [0.05, 0.1) is 0 Å². The summed E-state index contributed by atoms with van der Waals surface area (Å²) in [5.74, 6) is 0.566. The molecule has 0 saturated carbocycles. The summed E-state index contributed by atoms with van der Waals surface area (Å²) in [4.78, 5) is 16.2. The summed E-state index contributed by atoms with van der Waals surface area (Å²) in [6.07, 6.45) is 6.52. The Morgan fingerprint density at radius 3 is 2.75 bits per heavy atom. The van der Waals surface area contributed by atoms with Crippen molar-refractivity contribution in [2.24, 2.45) is 5.92 Å². The van der Waals surface area contributed by atoms with E-state index in [4.69, 9.17) is 0 Å². The molecule has 0 bridgehead atoms. The van der Waals surface area contributed by atoms with E-state index in [1.807, 2.05) is 18.2 Å². The second-order valence-corrected chi connectivity index (χ2v) is 4.21. The molecule has 16 heavy (non-hydrogen) atoms. The van der Waals surface area contributed by atoms with E-state index in [2.05, 4.69) is 18.8 Å². The van der Waals surface area contributed by atoms with Crippen LogP contribution in [-0.2, 0) is 11.2 Å². The van der Waals surface area contributed by atoms with E-state index in [9.17, 15) is 4.79 Å². The van der Waals surface area contributed by atoms with Crippen molar-refractivity contribution >= 4 is 5.78 Å². The van der Waals surface area contributed by atoms with Gasteiger partial charge in [-0.3, -0.25) is 9.78 Å². The van der Waals surface area contributed by atoms with E-state index >= 15 is 0 Å². The number of ketones is 1. The maximum atomic E-state index is 12.0. The maximum absolute atomic E-state index is 12.0. The van der Waals surface area contributed by atoms with Gasteiger partial charge in [0.1, 0.15) is 5.78 Å². The quantitative estimate of drug-likeness (QED) is 0.703. The lowest BCUT2D eigenvalue weighted by Crippen LogP contribution is -2.16. The van der Waals surface area contributed by atoms with Crippen LogP contribution in [0.5, 0.6) is 0 Å². The number of carbonyl (C=O) groups is 1. The molecule has 1 aromatic rings. The Morgan fingerprint density at radius 2 is 2.19 bits per heavy atom. The van der Waals surface area contributed by atoms with Crippen LogP contribution in [0.1, 0.15) is 45.2 Å². The number of hydrogen-bond donors (Lipinski definition) is 0. The highest BCUT2D eigenvalue weighted by atomic mass is 16.1. The Kier molecular flexibility index (Phi) is 5.76. The lowest BCUT2D eigenvalue weighted by molar-refractivity contribution is -0.122. The molecule has 0 amide bonds. The van der Waals surface area contributed by atoms with Gasteiger partial charge in [-0.15, -0.1) is 0 Å². The van der Waals surface area contributed by atoms with Crippen molar-refractivity contribution in [3.8, 4) is 0 Å². The standard InChI is InChI=1S/C14H21NO/c1-3-5-8-12(4-2)14(16)11-13-9-6-7-10-15-13/h6-7,9-10,12H,3-5,8,11H2,1-2H3. The van der Waals surface area contributed by atoms with Gasteiger partial charge in [-0.25, -0.2) is 0 Å². The smallest absolute Gasteiger partial charge is 0.141 e. The topological polar surface area (TPSA) is 30.0 Å². The molecule has 0 spiro atoms. The maximum Gasteiger partial charge on any atom is 0.141 e. The molecule has 1 unspecified atom stereocenters. The summed E-state index contributed by atoms with van der Waals surface area (Å²) in [6.45, 7) is 4.26. The molecule has 0 N–H and O–H groups in total. The average Bonchev–Trinajstić information content (AvgIpc) is 2.31. The second kappa shape index (κ2) is 7.15. The number of nitrogens with zero attached hydrogens (tertiary/aromatic N) is 1. The summed E-state index contributed by atoms with van der Waals surface area (Å²) in [5.41, 5.74) is 0.891. The van der Waals surface area contributed by atoms with E-state index in [0.717, 1.165) is 31.4 Å². The van der Waals surface area contributed by atoms with Gasteiger partial charge in [0.25, 0.3) is 0 Å². The van der Waals surface area contributed by atoms with Gasteiger partial charge in [0, 0.05) is 24.2 Å². The first-order valence-electron chi connectivity index (χ1n) is 6.20. The fourth-order valence-corrected chi connectivity index (χ4v) is 1.87. The van der Waals surface area contributed by atoms with Crippen LogP contribution < -0.4 is 0 Å². The third-order valence-electron chi connectivity index (χ3n) is 2.94. The molecule has 0 aliphatic rings. The normalized spacial score (nSPS) is 12.4. The Labute approximate surface area is 98.1 Å². The van der Waals surface area contributed by atoms with Crippen molar-refractivity contribution in [2.45, 2.75) is 46.0 Å². The van der Waals surface area contributed by atoms with E-state index in [1.165, 1.54) is 0 Å². The summed E-state index contributed by atoms with van der Waals surface area (Å²) in [7, 11) is 0. The molecule has 0 fully saturated rings. The number of rotatable bonds is 7. The van der Waals surface area contributed by atoms with Crippen molar-refractivity contribution < 1.29 is 4.79 Å². The lowest BCUT2D eigenvalue weighted by atomic mass is 9.92. The van der Waals surface area contributed by atoms with Gasteiger partial charge in [-0.1, -0.05) is 32.8 Å². The molecule has 1 heterocycles. The number of hydrogen-bond acceptors (Lipinski definition) is 2. The zero-order valence-electron chi connectivity index (χ0n) is 10.3. The molecule has 0 saturated heterocycles. The zero-order chi connectivity index (χ0) is 11.8. The van der Waals surface area contributed by atoms with Gasteiger partial charge >= 0.3 is 0 Å². The monoisotopic (exact) mass is 219 g/mol. The molecular formula is C14H21NO. The molecular weight excluding hydrogens is 198 g/mol. The molecule has 0 aliphatic heterocycles. The van der Waals surface area contributed by atoms with E-state index in [1.54, 1.807) is 6.20 Å². The minimum atomic E-state index is 0.224. The molecule has 0 aromatic carbocycles. The molecule has 0 radical (unpaired) electrons. The summed E-state index contributed by atoms with van der Waals surface area (Å²) < 4.78 is 0. The predicted octanol–water partition coefficient (Wildman–Crippen LogP) is 3.41. The first-order valence-corrected chi connectivity index (χ1v) is 6.20. The second-order valence-electron chi connectivity index (χ2n) is 4.21. The van der Waals surface area contributed by atoms with E-state index in [0.29, 0.717) is 12.2 Å². The SMILES string of the molecule is CCCCC(CC)C(=O)Cc1ccccn1. The van der Waals surface area contributed by atoms with Crippen molar-refractivity contribution in [1.82, 2.24) is 4.98 Å². The molecule has 1 aromatic heterocycles. The molecule has 2 nitrogen and oxygen atoms in total. The van der Waals surface area contributed by atoms with Crippen LogP contribution in [-0.4, -0.2) is 10.8 Å². The largest absolute Gasteiger partial charge is 0.299 e. The highest BCUT2D eigenvalue weighted by Gasteiger charge is 2.16. The highest BCUT2D eigenvalue weighted by Crippen LogP contribution is 2.15.